The van der Waals surface area contributed by atoms with Crippen LogP contribution in [0.15, 0.2) is 42.6 Å². The summed E-state index contributed by atoms with van der Waals surface area (Å²) in [4.78, 5) is 8.67. The largest absolute Gasteiger partial charge is 0.381 e. The minimum Gasteiger partial charge on any atom is -0.381 e. The van der Waals surface area contributed by atoms with Crippen LogP contribution in [-0.4, -0.2) is 33.4 Å². The van der Waals surface area contributed by atoms with Crippen molar-refractivity contribution in [1.82, 2.24) is 20.2 Å². The molecule has 5 nitrogen and oxygen atoms in total. The Labute approximate surface area is 184 Å². The van der Waals surface area contributed by atoms with Crippen LogP contribution in [0, 0.1) is 11.6 Å². The first-order valence-electron chi connectivity index (χ1n) is 11.0. The summed E-state index contributed by atoms with van der Waals surface area (Å²) in [5.41, 5.74) is 4.35. The molecule has 32 heavy (non-hydrogen) atoms. The SMILES string of the molecule is CCCc1cc(F)c(-c2ncc3[nH]nc(-c4ccc(C5CCOCC5)cc4)c3n2)c(F)c1. The van der Waals surface area contributed by atoms with E-state index in [4.69, 9.17) is 4.74 Å². The first-order chi connectivity index (χ1) is 15.6. The van der Waals surface area contributed by atoms with Gasteiger partial charge in [0.15, 0.2) is 5.82 Å². The fourth-order valence-electron chi connectivity index (χ4n) is 4.35. The minimum absolute atomic E-state index is 0.0111. The van der Waals surface area contributed by atoms with Gasteiger partial charge in [0, 0.05) is 18.8 Å². The van der Waals surface area contributed by atoms with Gasteiger partial charge in [0.2, 0.25) is 0 Å². The fraction of sp³-hybridized carbons (Fsp3) is 0.320. The van der Waals surface area contributed by atoms with Crippen LogP contribution in [0.5, 0.6) is 0 Å². The lowest BCUT2D eigenvalue weighted by Gasteiger charge is -2.22. The second kappa shape index (κ2) is 8.74. The van der Waals surface area contributed by atoms with E-state index in [1.807, 2.05) is 19.1 Å². The molecule has 0 saturated carbocycles. The average molecular weight is 434 g/mol. The van der Waals surface area contributed by atoms with E-state index in [1.54, 1.807) is 0 Å². The summed E-state index contributed by atoms with van der Waals surface area (Å²) in [6.45, 7) is 3.56. The Morgan fingerprint density at radius 3 is 2.47 bits per heavy atom. The summed E-state index contributed by atoms with van der Waals surface area (Å²) in [5.74, 6) is -0.793. The quantitative estimate of drug-likeness (QED) is 0.430. The molecule has 1 N–H and O–H groups in total. The molecule has 0 radical (unpaired) electrons. The van der Waals surface area contributed by atoms with E-state index in [2.05, 4.69) is 32.3 Å². The molecular formula is C25H24F2N4O. The summed E-state index contributed by atoms with van der Waals surface area (Å²) in [7, 11) is 0. The molecule has 0 unspecified atom stereocenters. The van der Waals surface area contributed by atoms with Crippen molar-refractivity contribution >= 4 is 11.0 Å². The highest BCUT2D eigenvalue weighted by Crippen LogP contribution is 2.32. The molecule has 2 aromatic carbocycles. The number of benzene rings is 2. The van der Waals surface area contributed by atoms with Crippen molar-refractivity contribution in [3.05, 3.63) is 65.4 Å². The van der Waals surface area contributed by atoms with Crippen molar-refractivity contribution in [2.24, 2.45) is 0 Å². The lowest BCUT2D eigenvalue weighted by atomic mass is 9.91. The molecule has 1 aliphatic rings. The average Bonchev–Trinajstić information content (AvgIpc) is 3.23. The molecule has 1 fully saturated rings. The molecule has 5 rings (SSSR count). The summed E-state index contributed by atoms with van der Waals surface area (Å²) in [6.07, 6.45) is 4.99. The first-order valence-corrected chi connectivity index (χ1v) is 11.0. The molecule has 1 saturated heterocycles. The maximum atomic E-state index is 14.7. The van der Waals surface area contributed by atoms with E-state index in [0.717, 1.165) is 38.0 Å². The van der Waals surface area contributed by atoms with Gasteiger partial charge in [-0.1, -0.05) is 37.6 Å². The highest BCUT2D eigenvalue weighted by molar-refractivity contribution is 5.90. The number of fused-ring (bicyclic) bond motifs is 1. The summed E-state index contributed by atoms with van der Waals surface area (Å²) < 4.78 is 34.9. The van der Waals surface area contributed by atoms with Crippen LogP contribution in [0.2, 0.25) is 0 Å². The number of hydrogen-bond donors (Lipinski definition) is 1. The zero-order chi connectivity index (χ0) is 22.1. The van der Waals surface area contributed by atoms with Crippen molar-refractivity contribution in [1.29, 1.82) is 0 Å². The van der Waals surface area contributed by atoms with Gasteiger partial charge in [0.1, 0.15) is 28.4 Å². The molecule has 1 aliphatic heterocycles. The second-order valence-electron chi connectivity index (χ2n) is 8.22. The van der Waals surface area contributed by atoms with Crippen LogP contribution >= 0.6 is 0 Å². The Balaban J connectivity index is 1.51. The number of halogens is 2. The number of aromatic amines is 1. The molecule has 4 aromatic rings. The Hall–Kier alpha value is -3.19. The van der Waals surface area contributed by atoms with E-state index >= 15 is 0 Å². The molecule has 164 valence electrons. The van der Waals surface area contributed by atoms with E-state index in [-0.39, 0.29) is 11.4 Å². The normalized spacial score (nSPS) is 14.8. The second-order valence-corrected chi connectivity index (χ2v) is 8.22. The zero-order valence-corrected chi connectivity index (χ0v) is 17.9. The molecule has 0 atom stereocenters. The van der Waals surface area contributed by atoms with Gasteiger partial charge in [-0.3, -0.25) is 5.10 Å². The third-order valence-corrected chi connectivity index (χ3v) is 6.04. The van der Waals surface area contributed by atoms with E-state index < -0.39 is 11.6 Å². The predicted octanol–water partition coefficient (Wildman–Crippen LogP) is 5.81. The lowest BCUT2D eigenvalue weighted by Crippen LogP contribution is -2.13. The Morgan fingerprint density at radius 1 is 1.06 bits per heavy atom. The summed E-state index contributed by atoms with van der Waals surface area (Å²) >= 11 is 0. The lowest BCUT2D eigenvalue weighted by molar-refractivity contribution is 0.0853. The molecule has 0 amide bonds. The van der Waals surface area contributed by atoms with Crippen molar-refractivity contribution in [3.8, 4) is 22.6 Å². The summed E-state index contributed by atoms with van der Waals surface area (Å²) in [6, 6.07) is 11.0. The smallest absolute Gasteiger partial charge is 0.165 e. The molecule has 0 spiro atoms. The number of hydrogen-bond acceptors (Lipinski definition) is 4. The van der Waals surface area contributed by atoms with Crippen molar-refractivity contribution in [3.63, 3.8) is 0 Å². The van der Waals surface area contributed by atoms with Gasteiger partial charge in [-0.25, -0.2) is 18.7 Å². The van der Waals surface area contributed by atoms with Gasteiger partial charge in [0.05, 0.1) is 11.8 Å². The van der Waals surface area contributed by atoms with Crippen LogP contribution in [0.4, 0.5) is 8.78 Å². The topological polar surface area (TPSA) is 63.7 Å². The van der Waals surface area contributed by atoms with Gasteiger partial charge in [0.25, 0.3) is 0 Å². The van der Waals surface area contributed by atoms with Gasteiger partial charge < -0.3 is 4.74 Å². The Kier molecular flexibility index (Phi) is 5.66. The standard InChI is InChI=1S/C25H24F2N4O/c1-2-3-15-12-19(26)22(20(27)13-15)25-28-14-21-24(29-25)23(31-30-21)18-6-4-16(5-7-18)17-8-10-32-11-9-17/h4-7,12-14,17H,2-3,8-11H2,1H3,(H,30,31). The maximum Gasteiger partial charge on any atom is 0.165 e. The highest BCUT2D eigenvalue weighted by atomic mass is 19.1. The minimum atomic E-state index is -0.654. The van der Waals surface area contributed by atoms with Crippen LogP contribution in [0.3, 0.4) is 0 Å². The van der Waals surface area contributed by atoms with E-state index in [9.17, 15) is 8.78 Å². The third-order valence-electron chi connectivity index (χ3n) is 6.04. The number of nitrogens with zero attached hydrogens (tertiary/aromatic N) is 3. The predicted molar refractivity (Wildman–Crippen MR) is 119 cm³/mol. The number of ether oxygens (including phenoxy) is 1. The van der Waals surface area contributed by atoms with E-state index in [1.165, 1.54) is 23.9 Å². The zero-order valence-electron chi connectivity index (χ0n) is 17.9. The number of H-pyrrole nitrogens is 1. The monoisotopic (exact) mass is 434 g/mol. The third kappa shape index (κ3) is 3.88. The van der Waals surface area contributed by atoms with Crippen LogP contribution < -0.4 is 0 Å². The first kappa shape index (κ1) is 20.7. The van der Waals surface area contributed by atoms with Gasteiger partial charge in [-0.05, 0) is 48.4 Å². The van der Waals surface area contributed by atoms with Crippen molar-refractivity contribution in [2.45, 2.75) is 38.5 Å². The van der Waals surface area contributed by atoms with Gasteiger partial charge in [-0.2, -0.15) is 5.10 Å². The van der Waals surface area contributed by atoms with Crippen LogP contribution in [0.1, 0.15) is 43.2 Å². The molecule has 2 aromatic heterocycles. The van der Waals surface area contributed by atoms with Gasteiger partial charge >= 0.3 is 0 Å². The van der Waals surface area contributed by atoms with Crippen molar-refractivity contribution < 1.29 is 13.5 Å². The molecular weight excluding hydrogens is 410 g/mol. The summed E-state index contributed by atoms with van der Waals surface area (Å²) in [5, 5.41) is 7.31. The number of nitrogens with one attached hydrogen (secondary N) is 1. The highest BCUT2D eigenvalue weighted by Gasteiger charge is 2.20. The molecule has 3 heterocycles. The molecule has 7 heteroatoms. The Morgan fingerprint density at radius 2 is 1.78 bits per heavy atom. The fourth-order valence-corrected chi connectivity index (χ4v) is 4.35. The van der Waals surface area contributed by atoms with Crippen LogP contribution in [-0.2, 0) is 11.2 Å². The number of aryl methyl sites for hydroxylation is 1. The van der Waals surface area contributed by atoms with E-state index in [0.29, 0.717) is 34.6 Å². The molecule has 0 bridgehead atoms. The maximum absolute atomic E-state index is 14.7. The number of aromatic nitrogens is 4. The number of rotatable bonds is 5. The van der Waals surface area contributed by atoms with Crippen molar-refractivity contribution in [2.75, 3.05) is 13.2 Å². The molecule has 0 aliphatic carbocycles. The Bertz CT molecular complexity index is 1220. The van der Waals surface area contributed by atoms with Gasteiger partial charge in [-0.15, -0.1) is 0 Å². The van der Waals surface area contributed by atoms with Crippen LogP contribution in [0.25, 0.3) is 33.7 Å².